The first-order valence-corrected chi connectivity index (χ1v) is 28.6. The topological polar surface area (TPSA) is 188 Å². The zero-order valence-electron chi connectivity index (χ0n) is 37.8. The van der Waals surface area contributed by atoms with E-state index in [-0.39, 0.29) is 35.7 Å². The predicted molar refractivity (Wildman–Crippen MR) is 246 cm³/mol. The number of nitrogens with zero attached hydrogens (tertiary/aromatic N) is 4. The monoisotopic (exact) mass is 905 g/mol. The Morgan fingerprint density at radius 1 is 0.516 bits per heavy atom. The third-order valence-electron chi connectivity index (χ3n) is 17.4. The SMILES string of the molecule is CC1CCC2NC(C3CCC(C4NC5CCC(C)CC5NC4C4=NC5CCCCC5N4CCCCS(=O)(=O)O)CC3)C(C3=NC4CCCCC4N3CCCCS(=O)(=O)O)NC2C1. The molecule has 4 aliphatic heterocycles. The van der Waals surface area contributed by atoms with Crippen LogP contribution < -0.4 is 21.3 Å². The lowest BCUT2D eigenvalue weighted by Gasteiger charge is -2.53. The first kappa shape index (κ1) is 45.7. The Labute approximate surface area is 373 Å². The Morgan fingerprint density at radius 3 is 1.32 bits per heavy atom. The molecule has 5 saturated carbocycles. The number of unbranched alkanes of at least 4 members (excludes halogenated alkanes) is 2. The summed E-state index contributed by atoms with van der Waals surface area (Å²) >= 11 is 0. The summed E-state index contributed by atoms with van der Waals surface area (Å²) in [7, 11) is -7.96. The molecule has 0 amide bonds. The molecule has 0 aromatic heterocycles. The van der Waals surface area contributed by atoms with Crippen LogP contribution in [0.3, 0.4) is 0 Å². The van der Waals surface area contributed by atoms with Gasteiger partial charge in [0.1, 0.15) is 11.7 Å². The molecule has 4 heterocycles. The number of nitrogens with one attached hydrogen (secondary N) is 4. The van der Waals surface area contributed by atoms with E-state index in [4.69, 9.17) is 9.98 Å². The van der Waals surface area contributed by atoms with Crippen molar-refractivity contribution in [3.8, 4) is 0 Å². The third kappa shape index (κ3) is 10.4. The van der Waals surface area contributed by atoms with Crippen molar-refractivity contribution in [3.05, 3.63) is 0 Å². The van der Waals surface area contributed by atoms with Crippen LogP contribution in [0.4, 0.5) is 0 Å². The van der Waals surface area contributed by atoms with Crippen molar-refractivity contribution >= 4 is 31.9 Å². The normalized spacial score (nSPS) is 42.6. The van der Waals surface area contributed by atoms with E-state index in [0.29, 0.717) is 84.8 Å². The maximum atomic E-state index is 11.6. The molecule has 9 aliphatic rings. The Kier molecular flexibility index (Phi) is 14.3. The van der Waals surface area contributed by atoms with E-state index in [2.05, 4.69) is 44.9 Å². The van der Waals surface area contributed by atoms with E-state index < -0.39 is 20.2 Å². The number of rotatable bonds is 14. The highest BCUT2D eigenvalue weighted by atomic mass is 32.2. The van der Waals surface area contributed by atoms with Crippen LogP contribution in [0.5, 0.6) is 0 Å². The molecular weight excluding hydrogens is 825 g/mol. The van der Waals surface area contributed by atoms with Gasteiger partial charge in [-0.25, -0.2) is 0 Å². The molecule has 7 fully saturated rings. The zero-order valence-corrected chi connectivity index (χ0v) is 39.4. The molecule has 0 aromatic rings. The maximum Gasteiger partial charge on any atom is 0.264 e. The Bertz CT molecular complexity index is 1700. The zero-order chi connectivity index (χ0) is 43.2. The molecule has 14 nitrogen and oxygen atoms in total. The summed E-state index contributed by atoms with van der Waals surface area (Å²) in [5.41, 5.74) is 0. The Balaban J connectivity index is 0.942. The summed E-state index contributed by atoms with van der Waals surface area (Å²) < 4.78 is 65.5. The van der Waals surface area contributed by atoms with Crippen LogP contribution in [-0.2, 0) is 20.2 Å². The minimum Gasteiger partial charge on any atom is -0.354 e. The highest BCUT2D eigenvalue weighted by Crippen LogP contribution is 2.43. The van der Waals surface area contributed by atoms with E-state index in [1.54, 1.807) is 0 Å². The summed E-state index contributed by atoms with van der Waals surface area (Å²) in [6.07, 6.45) is 23.6. The largest absolute Gasteiger partial charge is 0.354 e. The number of fused-ring (bicyclic) bond motifs is 4. The summed E-state index contributed by atoms with van der Waals surface area (Å²) in [5.74, 6) is 4.46. The highest BCUT2D eigenvalue weighted by Gasteiger charge is 2.52. The van der Waals surface area contributed by atoms with E-state index in [9.17, 15) is 25.9 Å². The van der Waals surface area contributed by atoms with Gasteiger partial charge in [0, 0.05) is 49.3 Å². The molecule has 5 aliphatic carbocycles. The molecule has 352 valence electrons. The van der Waals surface area contributed by atoms with Crippen molar-refractivity contribution in [2.45, 2.75) is 228 Å². The van der Waals surface area contributed by atoms with E-state index in [1.165, 1.54) is 75.9 Å². The Hall–Kier alpha value is -1.40. The van der Waals surface area contributed by atoms with E-state index >= 15 is 0 Å². The van der Waals surface area contributed by atoms with Gasteiger partial charge < -0.3 is 31.1 Å². The summed E-state index contributed by atoms with van der Waals surface area (Å²) in [6.45, 7) is 6.36. The van der Waals surface area contributed by atoms with Crippen molar-refractivity contribution in [2.75, 3.05) is 24.6 Å². The van der Waals surface area contributed by atoms with Gasteiger partial charge in [0.25, 0.3) is 20.2 Å². The lowest BCUT2D eigenvalue weighted by Crippen LogP contribution is -2.73. The molecule has 14 atom stereocenters. The molecule has 0 spiro atoms. The number of hydrogen-bond acceptors (Lipinski definition) is 12. The molecule has 2 saturated heterocycles. The smallest absolute Gasteiger partial charge is 0.264 e. The second-order valence-electron chi connectivity index (χ2n) is 21.8. The standard InChI is InChI=1S/C46H80N8O6S2/c1-29-15-21-33-37(27-29)49-43(45-51-35-11-3-5-13-39(35)53(45)23-7-9-25-61(55,56)57)41(47-33)31-17-19-32(20-18-31)42-44(50-38-28-30(2)16-22-34(38)48-42)46-52-36-12-4-6-14-40(36)54(46)24-8-10-26-62(58,59)60/h29-44,47-50H,3-28H2,1-2H3,(H,55,56,57)(H,58,59,60). The second-order valence-corrected chi connectivity index (χ2v) is 24.9. The van der Waals surface area contributed by atoms with Crippen LogP contribution in [0.2, 0.25) is 0 Å². The first-order valence-electron chi connectivity index (χ1n) is 25.4. The molecule has 6 N–H and O–H groups in total. The minimum absolute atomic E-state index is 0.119. The van der Waals surface area contributed by atoms with Gasteiger partial charge in [-0.2, -0.15) is 16.8 Å². The van der Waals surface area contributed by atoms with Gasteiger partial charge in [0.15, 0.2) is 0 Å². The number of amidine groups is 2. The second kappa shape index (κ2) is 19.4. The lowest BCUT2D eigenvalue weighted by atomic mass is 9.69. The van der Waals surface area contributed by atoms with Gasteiger partial charge in [-0.1, -0.05) is 39.5 Å². The van der Waals surface area contributed by atoms with Crippen LogP contribution >= 0.6 is 0 Å². The molecule has 16 heteroatoms. The van der Waals surface area contributed by atoms with E-state index in [0.717, 1.165) is 77.3 Å². The van der Waals surface area contributed by atoms with Crippen molar-refractivity contribution in [1.29, 1.82) is 0 Å². The molecule has 0 aromatic carbocycles. The average molecular weight is 905 g/mol. The van der Waals surface area contributed by atoms with Gasteiger partial charge in [0.05, 0.1) is 47.8 Å². The third-order valence-corrected chi connectivity index (χ3v) is 19.0. The van der Waals surface area contributed by atoms with Crippen LogP contribution in [0, 0.1) is 23.7 Å². The van der Waals surface area contributed by atoms with Gasteiger partial charge in [-0.3, -0.25) is 19.1 Å². The molecular formula is C46H80N8O6S2. The number of hydrogen-bond donors (Lipinski definition) is 6. The molecule has 0 bridgehead atoms. The first-order chi connectivity index (χ1) is 29.8. The molecule has 14 unspecified atom stereocenters. The minimum atomic E-state index is -3.98. The van der Waals surface area contributed by atoms with Crippen LogP contribution in [0.25, 0.3) is 0 Å². The van der Waals surface area contributed by atoms with Crippen molar-refractivity contribution in [3.63, 3.8) is 0 Å². The van der Waals surface area contributed by atoms with Crippen molar-refractivity contribution < 1.29 is 25.9 Å². The number of aliphatic imine (C=N–C) groups is 2. The Morgan fingerprint density at radius 2 is 0.919 bits per heavy atom. The van der Waals surface area contributed by atoms with Crippen molar-refractivity contribution in [1.82, 2.24) is 31.1 Å². The molecule has 0 radical (unpaired) electrons. The highest BCUT2D eigenvalue weighted by molar-refractivity contribution is 7.86. The molecule has 9 rings (SSSR count). The van der Waals surface area contributed by atoms with Crippen molar-refractivity contribution in [2.24, 2.45) is 33.7 Å². The van der Waals surface area contributed by atoms with Crippen LogP contribution in [-0.4, -0.2) is 145 Å². The van der Waals surface area contributed by atoms with Gasteiger partial charge in [0.2, 0.25) is 0 Å². The fourth-order valence-electron chi connectivity index (χ4n) is 14.3. The van der Waals surface area contributed by atoms with Crippen LogP contribution in [0.1, 0.15) is 155 Å². The van der Waals surface area contributed by atoms with Gasteiger partial charge in [-0.15, -0.1) is 0 Å². The summed E-state index contributed by atoms with van der Waals surface area (Å²) in [4.78, 5) is 16.4. The van der Waals surface area contributed by atoms with E-state index in [1.807, 2.05) is 0 Å². The lowest BCUT2D eigenvalue weighted by molar-refractivity contribution is 0.0836. The predicted octanol–water partition coefficient (Wildman–Crippen LogP) is 5.15. The quantitative estimate of drug-likeness (QED) is 0.0996. The van der Waals surface area contributed by atoms with Gasteiger partial charge >= 0.3 is 0 Å². The fraction of sp³-hybridized carbons (Fsp3) is 0.957. The fourth-order valence-corrected chi connectivity index (χ4v) is 15.4. The van der Waals surface area contributed by atoms with Crippen LogP contribution in [0.15, 0.2) is 9.98 Å². The maximum absolute atomic E-state index is 11.6. The number of piperazine rings is 2. The molecule has 62 heavy (non-hydrogen) atoms. The summed E-state index contributed by atoms with van der Waals surface area (Å²) in [5, 5.41) is 17.2. The summed E-state index contributed by atoms with van der Waals surface area (Å²) in [6, 6.07) is 3.92. The van der Waals surface area contributed by atoms with Gasteiger partial charge in [-0.05, 0) is 139 Å². The average Bonchev–Trinajstić information content (AvgIpc) is 3.80.